The van der Waals surface area contributed by atoms with Gasteiger partial charge in [-0.05, 0) is 49.3 Å². The number of aliphatic carboxylic acids is 1. The molecule has 0 radical (unpaired) electrons. The standard InChI is InChI=1S/C13H13ClO4/c1-6-7-4-2-3-5-8(7)10(14)11(15)9(6)12(16)13(17)18/h15H,2-5H2,1H3,(H,17,18). The number of carboxylic acid groups (broad SMARTS) is 1. The number of aromatic hydroxyl groups is 1. The summed E-state index contributed by atoms with van der Waals surface area (Å²) in [5, 5.41) is 18.8. The molecule has 4 nitrogen and oxygen atoms in total. The number of Topliss-reactive ketones (excluding diaryl/α,β-unsaturated/α-hetero) is 1. The largest absolute Gasteiger partial charge is 0.506 e. The Balaban J connectivity index is 2.72. The first-order valence-corrected chi connectivity index (χ1v) is 6.13. The van der Waals surface area contributed by atoms with Gasteiger partial charge in [0.1, 0.15) is 5.75 Å². The average molecular weight is 269 g/mol. The quantitative estimate of drug-likeness (QED) is 0.638. The first-order valence-electron chi connectivity index (χ1n) is 5.75. The molecule has 5 heteroatoms. The van der Waals surface area contributed by atoms with Crippen LogP contribution in [0.1, 0.15) is 39.9 Å². The number of rotatable bonds is 2. The summed E-state index contributed by atoms with van der Waals surface area (Å²) in [6.45, 7) is 1.66. The smallest absolute Gasteiger partial charge is 0.377 e. The summed E-state index contributed by atoms with van der Waals surface area (Å²) in [6, 6.07) is 0. The van der Waals surface area contributed by atoms with Gasteiger partial charge in [0, 0.05) is 0 Å². The fourth-order valence-corrected chi connectivity index (χ4v) is 2.83. The number of hydrogen-bond acceptors (Lipinski definition) is 3. The van der Waals surface area contributed by atoms with Crippen molar-refractivity contribution in [3.05, 3.63) is 27.3 Å². The molecule has 96 valence electrons. The lowest BCUT2D eigenvalue weighted by Crippen LogP contribution is -2.17. The maximum atomic E-state index is 11.6. The van der Waals surface area contributed by atoms with Crippen molar-refractivity contribution in [1.82, 2.24) is 0 Å². The number of phenolic OH excluding ortho intramolecular Hbond substituents is 1. The summed E-state index contributed by atoms with van der Waals surface area (Å²) < 4.78 is 0. The number of halogens is 1. The zero-order valence-electron chi connectivity index (χ0n) is 9.92. The Morgan fingerprint density at radius 3 is 2.28 bits per heavy atom. The number of phenols is 1. The minimum Gasteiger partial charge on any atom is -0.506 e. The van der Waals surface area contributed by atoms with E-state index >= 15 is 0 Å². The molecule has 1 aromatic carbocycles. The Kier molecular flexibility index (Phi) is 3.30. The van der Waals surface area contributed by atoms with Gasteiger partial charge < -0.3 is 10.2 Å². The molecule has 1 aliphatic rings. The molecule has 2 N–H and O–H groups in total. The molecule has 1 aromatic rings. The molecular formula is C13H13ClO4. The average Bonchev–Trinajstić information content (AvgIpc) is 2.36. The highest BCUT2D eigenvalue weighted by Gasteiger charge is 2.28. The van der Waals surface area contributed by atoms with E-state index in [1.54, 1.807) is 6.92 Å². The molecule has 0 aromatic heterocycles. The van der Waals surface area contributed by atoms with Crippen molar-refractivity contribution in [3.8, 4) is 5.75 Å². The molecule has 0 aliphatic heterocycles. The van der Waals surface area contributed by atoms with Crippen LogP contribution in [0.4, 0.5) is 0 Å². The van der Waals surface area contributed by atoms with Gasteiger partial charge >= 0.3 is 5.97 Å². The van der Waals surface area contributed by atoms with E-state index in [0.29, 0.717) is 5.56 Å². The van der Waals surface area contributed by atoms with Crippen molar-refractivity contribution in [1.29, 1.82) is 0 Å². The predicted octanol–water partition coefficient (Wildman–Crippen LogP) is 2.50. The summed E-state index contributed by atoms with van der Waals surface area (Å²) in [7, 11) is 0. The lowest BCUT2D eigenvalue weighted by molar-refractivity contribution is -0.131. The summed E-state index contributed by atoms with van der Waals surface area (Å²) in [4.78, 5) is 22.4. The third-order valence-corrected chi connectivity index (χ3v) is 3.83. The molecule has 0 heterocycles. The molecule has 2 rings (SSSR count). The van der Waals surface area contributed by atoms with Crippen molar-refractivity contribution in [2.75, 3.05) is 0 Å². The Labute approximate surface area is 109 Å². The van der Waals surface area contributed by atoms with Gasteiger partial charge in [0.05, 0.1) is 10.6 Å². The van der Waals surface area contributed by atoms with Crippen LogP contribution in [0.15, 0.2) is 0 Å². The predicted molar refractivity (Wildman–Crippen MR) is 66.5 cm³/mol. The highest BCUT2D eigenvalue weighted by Crippen LogP contribution is 2.40. The Bertz CT molecular complexity index is 549. The van der Waals surface area contributed by atoms with Crippen LogP contribution < -0.4 is 0 Å². The van der Waals surface area contributed by atoms with E-state index in [1.165, 1.54) is 0 Å². The third-order valence-electron chi connectivity index (χ3n) is 3.43. The van der Waals surface area contributed by atoms with Crippen molar-refractivity contribution < 1.29 is 19.8 Å². The molecule has 0 unspecified atom stereocenters. The second-order valence-electron chi connectivity index (χ2n) is 4.46. The van der Waals surface area contributed by atoms with Crippen LogP contribution >= 0.6 is 11.6 Å². The van der Waals surface area contributed by atoms with Gasteiger partial charge in [-0.1, -0.05) is 11.6 Å². The third kappa shape index (κ3) is 1.86. The van der Waals surface area contributed by atoms with Crippen molar-refractivity contribution in [2.24, 2.45) is 0 Å². The normalized spacial score (nSPS) is 14.1. The van der Waals surface area contributed by atoms with Crippen LogP contribution in [-0.2, 0) is 17.6 Å². The van der Waals surface area contributed by atoms with Gasteiger partial charge in [0.15, 0.2) is 0 Å². The summed E-state index contributed by atoms with van der Waals surface area (Å²) in [5.74, 6) is -3.09. The van der Waals surface area contributed by atoms with E-state index in [9.17, 15) is 14.7 Å². The Morgan fingerprint density at radius 1 is 1.17 bits per heavy atom. The van der Waals surface area contributed by atoms with E-state index in [4.69, 9.17) is 16.7 Å². The molecule has 0 spiro atoms. The number of fused-ring (bicyclic) bond motifs is 1. The van der Waals surface area contributed by atoms with E-state index in [0.717, 1.165) is 36.8 Å². The van der Waals surface area contributed by atoms with Crippen LogP contribution in [0, 0.1) is 6.92 Å². The first-order chi connectivity index (χ1) is 8.45. The van der Waals surface area contributed by atoms with E-state index in [2.05, 4.69) is 0 Å². The van der Waals surface area contributed by atoms with Crippen LogP contribution in [0.25, 0.3) is 0 Å². The van der Waals surface area contributed by atoms with Crippen molar-refractivity contribution >= 4 is 23.4 Å². The molecule has 0 saturated heterocycles. The van der Waals surface area contributed by atoms with Gasteiger partial charge in [-0.2, -0.15) is 0 Å². The number of carboxylic acids is 1. The summed E-state index contributed by atoms with van der Waals surface area (Å²) in [6.07, 6.45) is 3.48. The van der Waals surface area contributed by atoms with Crippen molar-refractivity contribution in [3.63, 3.8) is 0 Å². The highest BCUT2D eigenvalue weighted by atomic mass is 35.5. The lowest BCUT2D eigenvalue weighted by atomic mass is 9.85. The number of hydrogen-bond donors (Lipinski definition) is 2. The monoisotopic (exact) mass is 268 g/mol. The number of carbonyl (C=O) groups is 2. The van der Waals surface area contributed by atoms with Crippen LogP contribution in [0.3, 0.4) is 0 Å². The van der Waals surface area contributed by atoms with Crippen LogP contribution in [0.5, 0.6) is 5.75 Å². The molecule has 18 heavy (non-hydrogen) atoms. The maximum Gasteiger partial charge on any atom is 0.377 e. The summed E-state index contributed by atoms with van der Waals surface area (Å²) in [5.41, 5.74) is 2.13. The fraction of sp³-hybridized carbons (Fsp3) is 0.385. The topological polar surface area (TPSA) is 74.6 Å². The molecule has 0 atom stereocenters. The molecular weight excluding hydrogens is 256 g/mol. The van der Waals surface area contributed by atoms with Gasteiger partial charge in [0.2, 0.25) is 0 Å². The highest BCUT2D eigenvalue weighted by molar-refractivity contribution is 6.42. The number of ketones is 1. The van der Waals surface area contributed by atoms with Gasteiger partial charge in [-0.25, -0.2) is 4.79 Å². The van der Waals surface area contributed by atoms with Gasteiger partial charge in [0.25, 0.3) is 5.78 Å². The fourth-order valence-electron chi connectivity index (χ4n) is 2.53. The zero-order valence-corrected chi connectivity index (χ0v) is 10.7. The Hall–Kier alpha value is -1.55. The minimum atomic E-state index is -1.58. The summed E-state index contributed by atoms with van der Waals surface area (Å²) >= 11 is 6.04. The van der Waals surface area contributed by atoms with Crippen molar-refractivity contribution in [2.45, 2.75) is 32.6 Å². The number of benzene rings is 1. The molecule has 0 fully saturated rings. The van der Waals surface area contributed by atoms with E-state index in [1.807, 2.05) is 0 Å². The Morgan fingerprint density at radius 2 is 1.72 bits per heavy atom. The SMILES string of the molecule is Cc1c2c(c(Cl)c(O)c1C(=O)C(=O)O)CCCC2. The van der Waals surface area contributed by atoms with Gasteiger partial charge in [-0.3, -0.25) is 4.79 Å². The number of carbonyl (C=O) groups excluding carboxylic acids is 1. The molecule has 0 saturated carbocycles. The van der Waals surface area contributed by atoms with E-state index in [-0.39, 0.29) is 10.6 Å². The lowest BCUT2D eigenvalue weighted by Gasteiger charge is -2.22. The molecule has 0 amide bonds. The van der Waals surface area contributed by atoms with E-state index < -0.39 is 17.5 Å². The molecule has 0 bridgehead atoms. The second kappa shape index (κ2) is 4.61. The first kappa shape index (κ1) is 12.9. The van der Waals surface area contributed by atoms with Gasteiger partial charge in [-0.15, -0.1) is 0 Å². The maximum absolute atomic E-state index is 11.6. The van der Waals surface area contributed by atoms with Crippen LogP contribution in [0.2, 0.25) is 5.02 Å². The van der Waals surface area contributed by atoms with Crippen LogP contribution in [-0.4, -0.2) is 22.0 Å². The second-order valence-corrected chi connectivity index (χ2v) is 4.84. The zero-order chi connectivity index (χ0) is 13.4. The minimum absolute atomic E-state index is 0.125. The molecule has 1 aliphatic carbocycles.